The molecule has 0 amide bonds. The lowest BCUT2D eigenvalue weighted by molar-refractivity contribution is -0.0522. The number of carbonyl (C=O) groups excluding carboxylic acids is 1. The van der Waals surface area contributed by atoms with Gasteiger partial charge >= 0.3 is 0 Å². The molecule has 1 aliphatic heterocycles. The highest BCUT2D eigenvalue weighted by molar-refractivity contribution is 5.99. The van der Waals surface area contributed by atoms with E-state index < -0.39 is 0 Å². The number of aromatic nitrogens is 1. The average molecular weight is 290 g/mol. The van der Waals surface area contributed by atoms with Gasteiger partial charge in [0.1, 0.15) is 0 Å². The van der Waals surface area contributed by atoms with Crippen molar-refractivity contribution in [3.63, 3.8) is 0 Å². The molecule has 2 heterocycles. The number of fused-ring (bicyclic) bond motifs is 1. The lowest BCUT2D eigenvalue weighted by atomic mass is 10.1. The van der Waals surface area contributed by atoms with E-state index in [9.17, 15) is 4.79 Å². The molecule has 2 atom stereocenters. The Morgan fingerprint density at radius 2 is 2.19 bits per heavy atom. The summed E-state index contributed by atoms with van der Waals surface area (Å²) in [6.07, 6.45) is 3.91. The van der Waals surface area contributed by atoms with Crippen molar-refractivity contribution in [1.29, 1.82) is 0 Å². The minimum absolute atomic E-state index is 0.260. The smallest absolute Gasteiger partial charge is 0.178 e. The van der Waals surface area contributed by atoms with Crippen LogP contribution in [0.1, 0.15) is 47.9 Å². The van der Waals surface area contributed by atoms with Gasteiger partial charge in [0.05, 0.1) is 19.3 Å². The van der Waals surface area contributed by atoms with E-state index in [0.29, 0.717) is 18.7 Å². The van der Waals surface area contributed by atoms with E-state index >= 15 is 0 Å². The fraction of sp³-hybridized carbons (Fsp3) is 0.706. The predicted octanol–water partition coefficient (Wildman–Crippen LogP) is 2.56. The SMILES string of the molecule is CCn1c(C)cc(C(=O)CN2CCOC3CCCC32)c1C. The summed E-state index contributed by atoms with van der Waals surface area (Å²) in [5, 5.41) is 0. The van der Waals surface area contributed by atoms with Crippen molar-refractivity contribution >= 4 is 5.78 Å². The van der Waals surface area contributed by atoms with E-state index in [-0.39, 0.29) is 5.78 Å². The second kappa shape index (κ2) is 5.93. The van der Waals surface area contributed by atoms with Crippen LogP contribution in [0.2, 0.25) is 0 Å². The first kappa shape index (κ1) is 14.8. The van der Waals surface area contributed by atoms with Gasteiger partial charge in [-0.2, -0.15) is 0 Å². The maximum absolute atomic E-state index is 12.7. The molecule has 0 aromatic carbocycles. The van der Waals surface area contributed by atoms with Crippen molar-refractivity contribution in [2.24, 2.45) is 0 Å². The second-order valence-electron chi connectivity index (χ2n) is 6.33. The van der Waals surface area contributed by atoms with Gasteiger partial charge in [0.25, 0.3) is 0 Å². The highest BCUT2D eigenvalue weighted by Gasteiger charge is 2.36. The number of aryl methyl sites for hydroxylation is 1. The van der Waals surface area contributed by atoms with E-state index in [2.05, 4.69) is 30.2 Å². The van der Waals surface area contributed by atoms with Gasteiger partial charge in [0, 0.05) is 36.1 Å². The number of ketones is 1. The predicted molar refractivity (Wildman–Crippen MR) is 82.9 cm³/mol. The van der Waals surface area contributed by atoms with Crippen LogP contribution >= 0.6 is 0 Å². The lowest BCUT2D eigenvalue weighted by Crippen LogP contribution is -2.50. The maximum Gasteiger partial charge on any atom is 0.178 e. The van der Waals surface area contributed by atoms with Crippen molar-refractivity contribution in [1.82, 2.24) is 9.47 Å². The first-order chi connectivity index (χ1) is 10.1. The average Bonchev–Trinajstić information content (AvgIpc) is 3.04. The van der Waals surface area contributed by atoms with Gasteiger partial charge in [-0.15, -0.1) is 0 Å². The third kappa shape index (κ3) is 2.67. The molecule has 1 aliphatic carbocycles. The van der Waals surface area contributed by atoms with Crippen LogP contribution in [0.25, 0.3) is 0 Å². The van der Waals surface area contributed by atoms with Gasteiger partial charge < -0.3 is 9.30 Å². The molecule has 1 saturated heterocycles. The Morgan fingerprint density at radius 3 is 2.90 bits per heavy atom. The fourth-order valence-electron chi connectivity index (χ4n) is 4.04. The summed E-state index contributed by atoms with van der Waals surface area (Å²) in [4.78, 5) is 15.1. The zero-order valence-corrected chi connectivity index (χ0v) is 13.4. The van der Waals surface area contributed by atoms with Gasteiger partial charge in [-0.3, -0.25) is 9.69 Å². The molecule has 0 bridgehead atoms. The van der Waals surface area contributed by atoms with Crippen LogP contribution in [0.15, 0.2) is 6.07 Å². The molecule has 1 aromatic heterocycles. The Morgan fingerprint density at radius 1 is 1.38 bits per heavy atom. The number of ether oxygens (including phenoxy) is 1. The molecule has 1 saturated carbocycles. The Hall–Kier alpha value is -1.13. The molecule has 2 unspecified atom stereocenters. The van der Waals surface area contributed by atoms with Gasteiger partial charge in [-0.05, 0) is 46.1 Å². The zero-order valence-electron chi connectivity index (χ0n) is 13.4. The number of carbonyl (C=O) groups is 1. The monoisotopic (exact) mass is 290 g/mol. The van der Waals surface area contributed by atoms with Crippen LogP contribution in [0.3, 0.4) is 0 Å². The van der Waals surface area contributed by atoms with Gasteiger partial charge in [-0.1, -0.05) is 0 Å². The highest BCUT2D eigenvalue weighted by atomic mass is 16.5. The maximum atomic E-state index is 12.7. The Labute approximate surface area is 127 Å². The molecule has 0 spiro atoms. The van der Waals surface area contributed by atoms with E-state index in [1.54, 1.807) is 0 Å². The molecular formula is C17H26N2O2. The Bertz CT molecular complexity index is 535. The Kier molecular flexibility index (Phi) is 4.18. The summed E-state index contributed by atoms with van der Waals surface area (Å²) in [6.45, 7) is 9.38. The van der Waals surface area contributed by atoms with Crippen molar-refractivity contribution in [3.8, 4) is 0 Å². The minimum Gasteiger partial charge on any atom is -0.375 e. The quantitative estimate of drug-likeness (QED) is 0.799. The molecule has 2 fully saturated rings. The summed E-state index contributed by atoms with van der Waals surface area (Å²) in [5.41, 5.74) is 3.19. The molecular weight excluding hydrogens is 264 g/mol. The van der Waals surface area contributed by atoms with E-state index in [1.807, 2.05) is 6.07 Å². The van der Waals surface area contributed by atoms with Gasteiger partial charge in [-0.25, -0.2) is 0 Å². The van der Waals surface area contributed by atoms with Crippen molar-refractivity contribution < 1.29 is 9.53 Å². The van der Waals surface area contributed by atoms with Crippen LogP contribution in [0.5, 0.6) is 0 Å². The number of hydrogen-bond acceptors (Lipinski definition) is 3. The van der Waals surface area contributed by atoms with E-state index in [0.717, 1.165) is 37.4 Å². The molecule has 0 radical (unpaired) electrons. The molecule has 116 valence electrons. The number of rotatable bonds is 4. The highest BCUT2D eigenvalue weighted by Crippen LogP contribution is 2.30. The van der Waals surface area contributed by atoms with Gasteiger partial charge in [0.2, 0.25) is 0 Å². The number of morpholine rings is 1. The van der Waals surface area contributed by atoms with Crippen molar-refractivity contribution in [2.45, 2.75) is 58.7 Å². The molecule has 1 aromatic rings. The third-order valence-corrected chi connectivity index (χ3v) is 5.13. The van der Waals surface area contributed by atoms with Crippen molar-refractivity contribution in [3.05, 3.63) is 23.0 Å². The second-order valence-corrected chi connectivity index (χ2v) is 6.33. The summed E-state index contributed by atoms with van der Waals surface area (Å²) in [5.74, 6) is 0.260. The van der Waals surface area contributed by atoms with Crippen LogP contribution in [0, 0.1) is 13.8 Å². The van der Waals surface area contributed by atoms with Crippen molar-refractivity contribution in [2.75, 3.05) is 19.7 Å². The fourth-order valence-corrected chi connectivity index (χ4v) is 4.04. The molecule has 21 heavy (non-hydrogen) atoms. The molecule has 0 N–H and O–H groups in total. The largest absolute Gasteiger partial charge is 0.375 e. The summed E-state index contributed by atoms with van der Waals surface area (Å²) in [7, 11) is 0. The number of hydrogen-bond donors (Lipinski definition) is 0. The summed E-state index contributed by atoms with van der Waals surface area (Å²) >= 11 is 0. The molecule has 2 aliphatic rings. The van der Waals surface area contributed by atoms with E-state index in [1.165, 1.54) is 18.5 Å². The van der Waals surface area contributed by atoms with Crippen LogP contribution < -0.4 is 0 Å². The minimum atomic E-state index is 0.260. The first-order valence-corrected chi connectivity index (χ1v) is 8.17. The first-order valence-electron chi connectivity index (χ1n) is 8.17. The Balaban J connectivity index is 1.74. The van der Waals surface area contributed by atoms with Crippen LogP contribution in [0.4, 0.5) is 0 Å². The number of nitrogens with zero attached hydrogens (tertiary/aromatic N) is 2. The standard InChI is InChI=1S/C17H26N2O2/c1-4-19-12(2)10-14(13(19)3)16(20)11-18-8-9-21-17-7-5-6-15(17)18/h10,15,17H,4-9,11H2,1-3H3. The normalized spacial score (nSPS) is 26.0. The third-order valence-electron chi connectivity index (χ3n) is 5.13. The molecule has 3 rings (SSSR count). The van der Waals surface area contributed by atoms with E-state index in [4.69, 9.17) is 4.74 Å². The molecule has 4 heteroatoms. The number of Topliss-reactive ketones (excluding diaryl/α,β-unsaturated/α-hetero) is 1. The van der Waals surface area contributed by atoms with Gasteiger partial charge in [0.15, 0.2) is 5.78 Å². The van der Waals surface area contributed by atoms with Crippen LogP contribution in [-0.2, 0) is 11.3 Å². The zero-order chi connectivity index (χ0) is 15.0. The van der Waals surface area contributed by atoms with Crippen LogP contribution in [-0.4, -0.2) is 47.1 Å². The summed E-state index contributed by atoms with van der Waals surface area (Å²) < 4.78 is 8.04. The topological polar surface area (TPSA) is 34.5 Å². The summed E-state index contributed by atoms with van der Waals surface area (Å²) in [6, 6.07) is 2.51. The molecule has 4 nitrogen and oxygen atoms in total. The lowest BCUT2D eigenvalue weighted by Gasteiger charge is -2.37.